The van der Waals surface area contributed by atoms with Gasteiger partial charge in [-0.25, -0.2) is 0 Å². The van der Waals surface area contributed by atoms with E-state index in [-0.39, 0.29) is 5.54 Å². The summed E-state index contributed by atoms with van der Waals surface area (Å²) in [6, 6.07) is 0. The van der Waals surface area contributed by atoms with E-state index in [1.165, 1.54) is 43.3 Å². The molecular formula is C13H17FeN. The van der Waals surface area contributed by atoms with E-state index in [1.54, 1.807) is 0 Å². The SMILES string of the molecule is CC(C)(N)[C]12[CH]3[CH]4[CH]5[CH]1[Fe]45321678[CH]2[CH]1[CH]6[CH]7[CH]28. The molecule has 4 atom stereocenters. The van der Waals surface area contributed by atoms with Gasteiger partial charge in [0.2, 0.25) is 0 Å². The van der Waals surface area contributed by atoms with E-state index in [2.05, 4.69) is 13.8 Å². The van der Waals surface area contributed by atoms with Gasteiger partial charge in [0.15, 0.2) is 0 Å². The first kappa shape index (κ1) is 5.42. The minimum atomic E-state index is -2.81. The van der Waals surface area contributed by atoms with Crippen LogP contribution < -0.4 is 5.73 Å². The molecule has 10 heterocycles. The van der Waals surface area contributed by atoms with Crippen molar-refractivity contribution in [2.45, 2.75) is 67.0 Å². The zero-order chi connectivity index (χ0) is 9.51. The van der Waals surface area contributed by atoms with Crippen molar-refractivity contribution in [1.29, 1.82) is 0 Å². The zero-order valence-electron chi connectivity index (χ0n) is 9.13. The van der Waals surface area contributed by atoms with Gasteiger partial charge < -0.3 is 0 Å². The molecule has 1 nitrogen and oxygen atoms in total. The van der Waals surface area contributed by atoms with Crippen LogP contribution in [0.15, 0.2) is 0 Å². The van der Waals surface area contributed by atoms with Crippen LogP contribution in [-0.2, 0) is 6.51 Å². The predicted molar refractivity (Wildman–Crippen MR) is 54.7 cm³/mol. The van der Waals surface area contributed by atoms with Gasteiger partial charge in [0.05, 0.1) is 0 Å². The number of fused-ring (bicyclic) bond motifs is 10. The Hall–Kier alpha value is 0.479. The van der Waals surface area contributed by atoms with Gasteiger partial charge in [-0.05, 0) is 0 Å². The van der Waals surface area contributed by atoms with Crippen LogP contribution in [0.5, 0.6) is 0 Å². The molecule has 0 aromatic carbocycles. The van der Waals surface area contributed by atoms with Crippen LogP contribution in [-0.4, -0.2) is 5.54 Å². The number of nitrogens with two attached hydrogens (primary N) is 1. The average Bonchev–Trinajstić information content (AvgIpc) is 3.12. The van der Waals surface area contributed by atoms with Crippen LogP contribution in [0.3, 0.4) is 0 Å². The Labute approximate surface area is 79.4 Å². The second kappa shape index (κ2) is 0.369. The number of rotatable bonds is 1. The Bertz CT molecular complexity index is 839. The van der Waals surface area contributed by atoms with Crippen molar-refractivity contribution < 1.29 is 6.51 Å². The van der Waals surface area contributed by atoms with Gasteiger partial charge in [0.25, 0.3) is 0 Å². The van der Waals surface area contributed by atoms with Crippen LogP contribution in [0.1, 0.15) is 13.8 Å². The van der Waals surface area contributed by atoms with E-state index in [9.17, 15) is 0 Å². The summed E-state index contributed by atoms with van der Waals surface area (Å²) in [6.45, 7) is 2.04. The van der Waals surface area contributed by atoms with Crippen molar-refractivity contribution in [2.75, 3.05) is 0 Å². The number of hydrogen-bond acceptors (Lipinski definition) is 1. The zero-order valence-corrected chi connectivity index (χ0v) is 10.2. The molecule has 0 aromatic heterocycles. The molecule has 2 N–H and O–H groups in total. The van der Waals surface area contributed by atoms with Crippen LogP contribution in [0.4, 0.5) is 0 Å². The second-order valence-electron chi connectivity index (χ2n) is 11.4. The number of hydrogen-bond donors (Lipinski definition) is 1. The quantitative estimate of drug-likeness (QED) is 0.701. The van der Waals surface area contributed by atoms with Crippen molar-refractivity contribution in [2.24, 2.45) is 5.73 Å². The molecule has 10 fully saturated rings. The van der Waals surface area contributed by atoms with E-state index in [1.807, 2.05) is 0 Å². The maximum atomic E-state index is 6.75. The molecule has 4 unspecified atom stereocenters. The van der Waals surface area contributed by atoms with Crippen LogP contribution in [0.2, 0.25) is 47.7 Å². The summed E-state index contributed by atoms with van der Waals surface area (Å²) in [5.74, 6) is 0. The second-order valence-corrected chi connectivity index (χ2v) is 35.0. The molecular weight excluding hydrogens is 226 g/mol. The third-order valence-corrected chi connectivity index (χ3v) is 58.4. The van der Waals surface area contributed by atoms with E-state index >= 15 is 0 Å². The van der Waals surface area contributed by atoms with Gasteiger partial charge in [0, 0.05) is 0 Å². The molecule has 2 heteroatoms. The van der Waals surface area contributed by atoms with Crippen molar-refractivity contribution in [3.05, 3.63) is 0 Å². The molecule has 10 rings (SSSR count). The normalized spacial score (nSPS) is 135. The van der Waals surface area contributed by atoms with Gasteiger partial charge >= 0.3 is 79.3 Å². The van der Waals surface area contributed by atoms with Crippen LogP contribution in [0.25, 0.3) is 0 Å². The fourth-order valence-electron chi connectivity index (χ4n) is 18.0. The first-order valence-corrected chi connectivity index (χ1v) is 13.1. The predicted octanol–water partition coefficient (Wildman–Crippen LogP) is 3.48. The van der Waals surface area contributed by atoms with Gasteiger partial charge in [-0.1, -0.05) is 0 Å². The summed E-state index contributed by atoms with van der Waals surface area (Å²) in [6.07, 6.45) is 0. The molecule has 10 aliphatic rings. The summed E-state index contributed by atoms with van der Waals surface area (Å²) in [4.78, 5) is 12.9. The topological polar surface area (TPSA) is 26.0 Å². The molecule has 0 saturated carbocycles. The van der Waals surface area contributed by atoms with Crippen LogP contribution in [0, 0.1) is 0 Å². The first-order chi connectivity index (χ1) is 6.80. The van der Waals surface area contributed by atoms with Gasteiger partial charge in [-0.15, -0.1) is 0 Å². The summed E-state index contributed by atoms with van der Waals surface area (Å²) in [7, 11) is 0. The third-order valence-electron chi connectivity index (χ3n) is 15.7. The fourth-order valence-corrected chi connectivity index (χ4v) is 94.6. The Kier molecular flexibility index (Phi) is 0.133. The molecule has 0 amide bonds. The fraction of sp³-hybridized carbons (Fsp3) is 1.00. The first-order valence-electron chi connectivity index (χ1n) is 6.80. The molecule has 15 heavy (non-hydrogen) atoms. The summed E-state index contributed by atoms with van der Waals surface area (Å²) < 4.78 is 0.909. The monoisotopic (exact) mass is 243 g/mol. The molecule has 82 valence electrons. The molecule has 1 spiro atoms. The molecule has 0 bridgehead atoms. The van der Waals surface area contributed by atoms with E-state index < -0.39 is 6.51 Å². The van der Waals surface area contributed by atoms with Crippen molar-refractivity contribution in [3.8, 4) is 0 Å². The van der Waals surface area contributed by atoms with Crippen molar-refractivity contribution in [3.63, 3.8) is 0 Å². The molecule has 0 aliphatic carbocycles. The van der Waals surface area contributed by atoms with Gasteiger partial charge in [0.1, 0.15) is 0 Å². The molecule has 10 saturated heterocycles. The molecule has 0 aromatic rings. The Balaban J connectivity index is 1.85. The molecule has 10 aliphatic heterocycles. The Morgan fingerprint density at radius 1 is 0.867 bits per heavy atom. The molecule has 0 radical (unpaired) electrons. The average molecular weight is 243 g/mol. The standard InChI is InChI=1S/C8H12N.C5H5.Fe/c1-8(2,9)7-5-3-4-6-7;1-2-4-5-3-1;/h3-6H,9H2,1-2H3;1-5H;. The maximum absolute atomic E-state index is 6.75. The minimum absolute atomic E-state index is 0.238. The summed E-state index contributed by atoms with van der Waals surface area (Å²) in [5, 5.41) is 0. The Morgan fingerprint density at radius 3 is 1.33 bits per heavy atom. The van der Waals surface area contributed by atoms with Gasteiger partial charge in [-0.2, -0.15) is 0 Å². The summed E-state index contributed by atoms with van der Waals surface area (Å²) >= 11 is 0. The van der Waals surface area contributed by atoms with E-state index in [4.69, 9.17) is 5.73 Å². The van der Waals surface area contributed by atoms with E-state index in [0.29, 0.717) is 0 Å². The van der Waals surface area contributed by atoms with Gasteiger partial charge in [-0.3, -0.25) is 0 Å². The third kappa shape index (κ3) is 0.0456. The Morgan fingerprint density at radius 2 is 1.27 bits per heavy atom. The summed E-state index contributed by atoms with van der Waals surface area (Å²) in [5.41, 5.74) is 6.99. The van der Waals surface area contributed by atoms with Crippen LogP contribution >= 0.6 is 0 Å². The van der Waals surface area contributed by atoms with E-state index in [0.717, 1.165) is 4.31 Å². The van der Waals surface area contributed by atoms with Crippen molar-refractivity contribution in [1.82, 2.24) is 0 Å². The van der Waals surface area contributed by atoms with Crippen molar-refractivity contribution >= 4 is 0 Å².